The maximum Gasteiger partial charge on any atom is 0.270 e. The van der Waals surface area contributed by atoms with Gasteiger partial charge in [0.25, 0.3) is 5.91 Å². The summed E-state index contributed by atoms with van der Waals surface area (Å²) in [7, 11) is 1.61. The second-order valence-electron chi connectivity index (χ2n) is 5.33. The van der Waals surface area contributed by atoms with Crippen molar-refractivity contribution in [2.45, 2.75) is 20.4 Å². The fourth-order valence-electron chi connectivity index (χ4n) is 2.47. The Balaban J connectivity index is 1.80. The Morgan fingerprint density at radius 2 is 2.04 bits per heavy atom. The monoisotopic (exact) mass is 310 g/mol. The fraction of sp³-hybridized carbons (Fsp3) is 0.235. The van der Waals surface area contributed by atoms with E-state index in [1.807, 2.05) is 44.2 Å². The van der Waals surface area contributed by atoms with Gasteiger partial charge >= 0.3 is 0 Å². The number of carbonyl (C=O) groups is 1. The highest BCUT2D eigenvalue weighted by Crippen LogP contribution is 2.17. The molecule has 118 valence electrons. The maximum atomic E-state index is 12.4. The Morgan fingerprint density at radius 1 is 1.26 bits per heavy atom. The summed E-state index contributed by atoms with van der Waals surface area (Å²) >= 11 is 0. The summed E-state index contributed by atoms with van der Waals surface area (Å²) in [6.45, 7) is 4.18. The van der Waals surface area contributed by atoms with Gasteiger partial charge in [-0.25, -0.2) is 9.50 Å². The number of ether oxygens (including phenoxy) is 1. The van der Waals surface area contributed by atoms with Crippen molar-refractivity contribution in [2.24, 2.45) is 0 Å². The van der Waals surface area contributed by atoms with Crippen molar-refractivity contribution in [3.63, 3.8) is 0 Å². The molecule has 0 saturated carbocycles. The van der Waals surface area contributed by atoms with Gasteiger partial charge in [0.1, 0.15) is 11.4 Å². The van der Waals surface area contributed by atoms with E-state index in [0.717, 1.165) is 22.7 Å². The molecule has 0 spiro atoms. The molecule has 1 aromatic carbocycles. The lowest BCUT2D eigenvalue weighted by molar-refractivity contribution is 0.0945. The van der Waals surface area contributed by atoms with Crippen LogP contribution in [0.25, 0.3) is 5.65 Å². The van der Waals surface area contributed by atoms with Crippen LogP contribution in [0.4, 0.5) is 0 Å². The van der Waals surface area contributed by atoms with Gasteiger partial charge in [-0.15, -0.1) is 0 Å². The third-order valence-corrected chi connectivity index (χ3v) is 3.59. The predicted molar refractivity (Wildman–Crippen MR) is 86.6 cm³/mol. The standard InChI is InChI=1S/C17H18N4O2/c1-11-8-16-19-14(9-12(2)21(16)20-11)17(22)18-10-13-6-4-5-7-15(13)23-3/h4-9H,10H2,1-3H3,(H,18,22). The Hall–Kier alpha value is -2.89. The summed E-state index contributed by atoms with van der Waals surface area (Å²) in [5.41, 5.74) is 3.70. The number of rotatable bonds is 4. The Labute approximate surface area is 134 Å². The molecular weight excluding hydrogens is 292 g/mol. The van der Waals surface area contributed by atoms with E-state index >= 15 is 0 Å². The highest BCUT2D eigenvalue weighted by Gasteiger charge is 2.12. The molecule has 2 heterocycles. The quantitative estimate of drug-likeness (QED) is 0.803. The number of methoxy groups -OCH3 is 1. The minimum atomic E-state index is -0.222. The predicted octanol–water partition coefficient (Wildman–Crippen LogP) is 2.28. The Morgan fingerprint density at radius 3 is 2.83 bits per heavy atom. The van der Waals surface area contributed by atoms with Crippen LogP contribution in [0.2, 0.25) is 0 Å². The van der Waals surface area contributed by atoms with Gasteiger partial charge in [0.05, 0.1) is 12.8 Å². The van der Waals surface area contributed by atoms with Crippen molar-refractivity contribution in [3.05, 3.63) is 59.0 Å². The zero-order valence-electron chi connectivity index (χ0n) is 13.3. The largest absolute Gasteiger partial charge is 0.496 e. The minimum absolute atomic E-state index is 0.222. The molecule has 0 aliphatic rings. The molecule has 23 heavy (non-hydrogen) atoms. The Kier molecular flexibility index (Phi) is 3.97. The van der Waals surface area contributed by atoms with Gasteiger partial charge in [-0.3, -0.25) is 4.79 Å². The van der Waals surface area contributed by atoms with E-state index in [9.17, 15) is 4.79 Å². The van der Waals surface area contributed by atoms with Crippen LogP contribution >= 0.6 is 0 Å². The number of aromatic nitrogens is 3. The summed E-state index contributed by atoms with van der Waals surface area (Å²) < 4.78 is 7.01. The molecule has 3 aromatic rings. The van der Waals surface area contributed by atoms with Gasteiger partial charge in [0.2, 0.25) is 0 Å². The van der Waals surface area contributed by atoms with E-state index < -0.39 is 0 Å². The lowest BCUT2D eigenvalue weighted by atomic mass is 10.2. The molecule has 0 fully saturated rings. The minimum Gasteiger partial charge on any atom is -0.496 e. The molecule has 1 N–H and O–H groups in total. The van der Waals surface area contributed by atoms with Gasteiger partial charge < -0.3 is 10.1 Å². The van der Waals surface area contributed by atoms with Crippen LogP contribution in [0.5, 0.6) is 5.75 Å². The van der Waals surface area contributed by atoms with E-state index in [1.54, 1.807) is 17.7 Å². The third-order valence-electron chi connectivity index (χ3n) is 3.59. The first-order valence-corrected chi connectivity index (χ1v) is 7.32. The van der Waals surface area contributed by atoms with Crippen molar-refractivity contribution in [2.75, 3.05) is 7.11 Å². The average molecular weight is 310 g/mol. The molecule has 0 atom stereocenters. The van der Waals surface area contributed by atoms with Crippen LogP contribution in [-0.4, -0.2) is 27.6 Å². The average Bonchev–Trinajstić information content (AvgIpc) is 2.93. The van der Waals surface area contributed by atoms with Crippen molar-refractivity contribution >= 4 is 11.6 Å². The first-order chi connectivity index (χ1) is 11.1. The lowest BCUT2D eigenvalue weighted by Crippen LogP contribution is -2.24. The molecule has 0 saturated heterocycles. The molecule has 0 aliphatic carbocycles. The number of para-hydroxylation sites is 1. The molecule has 1 amide bonds. The van der Waals surface area contributed by atoms with Crippen molar-refractivity contribution in [1.29, 1.82) is 0 Å². The first-order valence-electron chi connectivity index (χ1n) is 7.32. The second-order valence-corrected chi connectivity index (χ2v) is 5.33. The normalized spacial score (nSPS) is 10.7. The zero-order chi connectivity index (χ0) is 16.4. The van der Waals surface area contributed by atoms with Crippen LogP contribution in [0.15, 0.2) is 36.4 Å². The van der Waals surface area contributed by atoms with E-state index in [2.05, 4.69) is 15.4 Å². The smallest absolute Gasteiger partial charge is 0.270 e. The van der Waals surface area contributed by atoms with Crippen LogP contribution in [0.3, 0.4) is 0 Å². The highest BCUT2D eigenvalue weighted by atomic mass is 16.5. The maximum absolute atomic E-state index is 12.4. The number of aryl methyl sites for hydroxylation is 2. The molecule has 6 heteroatoms. The number of hydrogen-bond acceptors (Lipinski definition) is 4. The van der Waals surface area contributed by atoms with Crippen molar-refractivity contribution in [3.8, 4) is 5.75 Å². The van der Waals surface area contributed by atoms with E-state index in [1.165, 1.54) is 0 Å². The number of amides is 1. The SMILES string of the molecule is COc1ccccc1CNC(=O)c1cc(C)n2nc(C)cc2n1. The molecule has 0 aliphatic heterocycles. The van der Waals surface area contributed by atoms with Gasteiger partial charge in [-0.1, -0.05) is 18.2 Å². The zero-order valence-corrected chi connectivity index (χ0v) is 13.3. The molecule has 6 nitrogen and oxygen atoms in total. The number of nitrogens with one attached hydrogen (secondary N) is 1. The summed E-state index contributed by atoms with van der Waals surface area (Å²) in [5.74, 6) is 0.527. The summed E-state index contributed by atoms with van der Waals surface area (Å²) in [6, 6.07) is 11.2. The van der Waals surface area contributed by atoms with E-state index in [4.69, 9.17) is 4.74 Å². The van der Waals surface area contributed by atoms with Gasteiger partial charge in [0, 0.05) is 23.9 Å². The summed E-state index contributed by atoms with van der Waals surface area (Å²) in [5, 5.41) is 7.21. The summed E-state index contributed by atoms with van der Waals surface area (Å²) in [4.78, 5) is 16.7. The first kappa shape index (κ1) is 15.0. The van der Waals surface area contributed by atoms with E-state index in [-0.39, 0.29) is 5.91 Å². The van der Waals surface area contributed by atoms with Crippen molar-refractivity contribution < 1.29 is 9.53 Å². The summed E-state index contributed by atoms with van der Waals surface area (Å²) in [6.07, 6.45) is 0. The third kappa shape index (κ3) is 3.01. The van der Waals surface area contributed by atoms with Crippen molar-refractivity contribution in [1.82, 2.24) is 19.9 Å². The highest BCUT2D eigenvalue weighted by molar-refractivity contribution is 5.92. The number of benzene rings is 1. The van der Waals surface area contributed by atoms with Crippen LogP contribution in [0.1, 0.15) is 27.4 Å². The molecular formula is C17H18N4O2. The number of fused-ring (bicyclic) bond motifs is 1. The second kappa shape index (κ2) is 6.08. The number of carbonyl (C=O) groups excluding carboxylic acids is 1. The number of nitrogens with zero attached hydrogens (tertiary/aromatic N) is 3. The molecule has 0 bridgehead atoms. The van der Waals surface area contributed by atoms with Gasteiger partial charge in [-0.2, -0.15) is 5.10 Å². The molecule has 0 unspecified atom stereocenters. The van der Waals surface area contributed by atoms with Gasteiger partial charge in [0.15, 0.2) is 5.65 Å². The lowest BCUT2D eigenvalue weighted by Gasteiger charge is -2.10. The van der Waals surface area contributed by atoms with Gasteiger partial charge in [-0.05, 0) is 26.0 Å². The van der Waals surface area contributed by atoms with Crippen LogP contribution < -0.4 is 10.1 Å². The molecule has 0 radical (unpaired) electrons. The van der Waals surface area contributed by atoms with E-state index in [0.29, 0.717) is 17.9 Å². The fourth-order valence-corrected chi connectivity index (χ4v) is 2.47. The van der Waals surface area contributed by atoms with Crippen LogP contribution in [-0.2, 0) is 6.54 Å². The molecule has 2 aromatic heterocycles. The Bertz CT molecular complexity index is 870. The topological polar surface area (TPSA) is 68.5 Å². The number of hydrogen-bond donors (Lipinski definition) is 1. The van der Waals surface area contributed by atoms with Crippen LogP contribution in [0, 0.1) is 13.8 Å². The molecule has 3 rings (SSSR count).